The van der Waals surface area contributed by atoms with Gasteiger partial charge in [0.2, 0.25) is 0 Å². The molecule has 0 radical (unpaired) electrons. The van der Waals surface area contributed by atoms with E-state index in [4.69, 9.17) is 5.73 Å². The fourth-order valence-electron chi connectivity index (χ4n) is 2.29. The Morgan fingerprint density at radius 3 is 2.38 bits per heavy atom. The molecule has 1 aromatic heterocycles. The number of hydrogen-bond donors (Lipinski definition) is 1. The first-order valence-electron chi connectivity index (χ1n) is 6.51. The van der Waals surface area contributed by atoms with Crippen LogP contribution in [0.4, 0.5) is 23.4 Å². The van der Waals surface area contributed by atoms with Crippen LogP contribution in [-0.2, 0) is 19.1 Å². The molecule has 3 nitrogen and oxygen atoms in total. The van der Waals surface area contributed by atoms with Crippen molar-refractivity contribution in [3.05, 3.63) is 35.4 Å². The summed E-state index contributed by atoms with van der Waals surface area (Å²) in [5, 5.41) is 0. The first kappa shape index (κ1) is 15.3. The lowest BCUT2D eigenvalue weighted by Gasteiger charge is -2.12. The number of halogens is 4. The smallest absolute Gasteiger partial charge is 0.383 e. The molecule has 0 amide bonds. The van der Waals surface area contributed by atoms with Gasteiger partial charge >= 0.3 is 6.18 Å². The zero-order chi connectivity index (χ0) is 15.8. The van der Waals surface area contributed by atoms with E-state index in [1.807, 2.05) is 13.8 Å². The molecule has 0 aliphatic carbocycles. The molecule has 2 N–H and O–H groups in total. The first-order valence-corrected chi connectivity index (χ1v) is 6.51. The van der Waals surface area contributed by atoms with E-state index in [0.717, 1.165) is 12.1 Å². The highest BCUT2D eigenvalue weighted by Gasteiger charge is 2.35. The predicted octanol–water partition coefficient (Wildman–Crippen LogP) is 3.87. The van der Waals surface area contributed by atoms with E-state index in [2.05, 4.69) is 4.98 Å². The lowest BCUT2D eigenvalue weighted by molar-refractivity contribution is -0.137. The van der Waals surface area contributed by atoms with Crippen molar-refractivity contribution < 1.29 is 17.6 Å². The summed E-state index contributed by atoms with van der Waals surface area (Å²) < 4.78 is 54.0. The number of hydrogen-bond acceptors (Lipinski definition) is 2. The standard InChI is InChI=1S/C14H15F4N3/c1-3-11-20-12(13(19)21(11)4-2)9-6-5-8(15)7-10(9)14(16,17)18/h5-7H,3-4,19H2,1-2H3. The van der Waals surface area contributed by atoms with E-state index >= 15 is 0 Å². The summed E-state index contributed by atoms with van der Waals surface area (Å²) in [4.78, 5) is 4.19. The lowest BCUT2D eigenvalue weighted by atomic mass is 10.0. The molecule has 1 heterocycles. The molecular weight excluding hydrogens is 286 g/mol. The van der Waals surface area contributed by atoms with Gasteiger partial charge in [0.05, 0.1) is 5.56 Å². The van der Waals surface area contributed by atoms with Crippen LogP contribution < -0.4 is 5.73 Å². The molecule has 0 saturated carbocycles. The molecule has 0 bridgehead atoms. The molecule has 0 saturated heterocycles. The van der Waals surface area contributed by atoms with Gasteiger partial charge in [-0.05, 0) is 25.1 Å². The minimum atomic E-state index is -4.67. The van der Waals surface area contributed by atoms with Crippen molar-refractivity contribution in [3.63, 3.8) is 0 Å². The van der Waals surface area contributed by atoms with Gasteiger partial charge in [0.1, 0.15) is 23.2 Å². The van der Waals surface area contributed by atoms with Gasteiger partial charge in [-0.15, -0.1) is 0 Å². The number of alkyl halides is 3. The van der Waals surface area contributed by atoms with Crippen LogP contribution >= 0.6 is 0 Å². The van der Waals surface area contributed by atoms with Gasteiger partial charge in [-0.2, -0.15) is 13.2 Å². The summed E-state index contributed by atoms with van der Waals surface area (Å²) in [6, 6.07) is 2.50. The topological polar surface area (TPSA) is 43.8 Å². The molecule has 0 atom stereocenters. The number of aromatic nitrogens is 2. The fraction of sp³-hybridized carbons (Fsp3) is 0.357. The molecule has 2 aromatic rings. The van der Waals surface area contributed by atoms with E-state index in [1.54, 1.807) is 4.57 Å². The number of nitrogens with zero attached hydrogens (tertiary/aromatic N) is 2. The number of nitrogen functional groups attached to an aromatic ring is 1. The molecule has 0 aliphatic rings. The van der Waals surface area contributed by atoms with Crippen LogP contribution in [0.15, 0.2) is 18.2 Å². The van der Waals surface area contributed by atoms with Crippen LogP contribution in [0.25, 0.3) is 11.3 Å². The van der Waals surface area contributed by atoms with Crippen LogP contribution in [-0.4, -0.2) is 9.55 Å². The van der Waals surface area contributed by atoms with E-state index in [-0.39, 0.29) is 17.1 Å². The number of aryl methyl sites for hydroxylation is 1. The van der Waals surface area contributed by atoms with Crippen LogP contribution in [0, 0.1) is 5.82 Å². The van der Waals surface area contributed by atoms with Gasteiger partial charge in [0.15, 0.2) is 0 Å². The Kier molecular flexibility index (Phi) is 3.93. The summed E-state index contributed by atoms with van der Waals surface area (Å²) in [7, 11) is 0. The second-order valence-corrected chi connectivity index (χ2v) is 4.55. The molecule has 7 heteroatoms. The summed E-state index contributed by atoms with van der Waals surface area (Å²) in [6.45, 7) is 4.17. The van der Waals surface area contributed by atoms with Crippen LogP contribution in [0.1, 0.15) is 25.2 Å². The average Bonchev–Trinajstić information content (AvgIpc) is 2.74. The minimum Gasteiger partial charge on any atom is -0.383 e. The highest BCUT2D eigenvalue weighted by Crippen LogP contribution is 2.39. The predicted molar refractivity (Wildman–Crippen MR) is 72.1 cm³/mol. The number of benzene rings is 1. The molecule has 0 aliphatic heterocycles. The maximum Gasteiger partial charge on any atom is 0.417 e. The average molecular weight is 301 g/mol. The van der Waals surface area contributed by atoms with Gasteiger partial charge < -0.3 is 10.3 Å². The summed E-state index contributed by atoms with van der Waals surface area (Å²) in [6.07, 6.45) is -4.13. The molecule has 0 fully saturated rings. The number of rotatable bonds is 3. The second-order valence-electron chi connectivity index (χ2n) is 4.55. The molecule has 1 aromatic carbocycles. The van der Waals surface area contributed by atoms with Gasteiger partial charge in [-0.3, -0.25) is 0 Å². The minimum absolute atomic E-state index is 0.0426. The fourth-order valence-corrected chi connectivity index (χ4v) is 2.29. The highest BCUT2D eigenvalue weighted by molar-refractivity contribution is 5.74. The second kappa shape index (κ2) is 5.38. The Labute approximate surface area is 119 Å². The highest BCUT2D eigenvalue weighted by atomic mass is 19.4. The van der Waals surface area contributed by atoms with Gasteiger partial charge in [-0.1, -0.05) is 6.92 Å². The number of imidazole rings is 1. The van der Waals surface area contributed by atoms with E-state index in [1.165, 1.54) is 0 Å². The summed E-state index contributed by atoms with van der Waals surface area (Å²) in [5.41, 5.74) is 4.68. The number of anilines is 1. The Morgan fingerprint density at radius 1 is 1.24 bits per heavy atom. The molecule has 0 spiro atoms. The SMILES string of the molecule is CCc1nc(-c2ccc(F)cc2C(F)(F)F)c(N)n1CC. The van der Waals surface area contributed by atoms with Crippen molar-refractivity contribution >= 4 is 5.82 Å². The van der Waals surface area contributed by atoms with Crippen molar-refractivity contribution in [2.75, 3.05) is 5.73 Å². The lowest BCUT2D eigenvalue weighted by Crippen LogP contribution is -2.09. The van der Waals surface area contributed by atoms with E-state index in [9.17, 15) is 17.6 Å². The third-order valence-corrected chi connectivity index (χ3v) is 3.26. The van der Waals surface area contributed by atoms with Crippen LogP contribution in [0.5, 0.6) is 0 Å². The Balaban J connectivity index is 2.71. The first-order chi connectivity index (χ1) is 9.79. The maximum atomic E-state index is 13.2. The molecule has 114 valence electrons. The van der Waals surface area contributed by atoms with Crippen molar-refractivity contribution in [1.29, 1.82) is 0 Å². The Morgan fingerprint density at radius 2 is 1.90 bits per heavy atom. The van der Waals surface area contributed by atoms with Gasteiger partial charge in [-0.25, -0.2) is 9.37 Å². The van der Waals surface area contributed by atoms with E-state index in [0.29, 0.717) is 24.9 Å². The van der Waals surface area contributed by atoms with Crippen molar-refractivity contribution in [1.82, 2.24) is 9.55 Å². The van der Waals surface area contributed by atoms with Crippen molar-refractivity contribution in [2.24, 2.45) is 0 Å². The van der Waals surface area contributed by atoms with Crippen LogP contribution in [0.2, 0.25) is 0 Å². The summed E-state index contributed by atoms with van der Waals surface area (Å²) in [5.74, 6) is -0.191. The van der Waals surface area contributed by atoms with Crippen molar-refractivity contribution in [3.8, 4) is 11.3 Å². The van der Waals surface area contributed by atoms with Crippen LogP contribution in [0.3, 0.4) is 0 Å². The largest absolute Gasteiger partial charge is 0.417 e. The molecule has 0 unspecified atom stereocenters. The monoisotopic (exact) mass is 301 g/mol. The molecular formula is C14H15F4N3. The normalized spacial score (nSPS) is 11.9. The van der Waals surface area contributed by atoms with Gasteiger partial charge in [0.25, 0.3) is 0 Å². The zero-order valence-corrected chi connectivity index (χ0v) is 11.6. The van der Waals surface area contributed by atoms with Gasteiger partial charge in [0, 0.05) is 18.5 Å². The molecule has 2 rings (SSSR count). The quantitative estimate of drug-likeness (QED) is 0.875. The van der Waals surface area contributed by atoms with Crippen molar-refractivity contribution in [2.45, 2.75) is 33.0 Å². The third kappa shape index (κ3) is 2.72. The van der Waals surface area contributed by atoms with E-state index < -0.39 is 17.6 Å². The Hall–Kier alpha value is -2.05. The Bertz CT molecular complexity index is 659. The maximum absolute atomic E-state index is 13.2. The number of nitrogens with two attached hydrogens (primary N) is 1. The zero-order valence-electron chi connectivity index (χ0n) is 11.6. The third-order valence-electron chi connectivity index (χ3n) is 3.26. The summed E-state index contributed by atoms with van der Waals surface area (Å²) >= 11 is 0. The molecule has 21 heavy (non-hydrogen) atoms.